The van der Waals surface area contributed by atoms with Gasteiger partial charge in [0.05, 0.1) is 26.4 Å². The zero-order valence-electron chi connectivity index (χ0n) is 19.2. The summed E-state index contributed by atoms with van der Waals surface area (Å²) in [5, 5.41) is 19.8. The Morgan fingerprint density at radius 2 is 1.86 bits per heavy atom. The van der Waals surface area contributed by atoms with Gasteiger partial charge in [0.25, 0.3) is 5.91 Å². The van der Waals surface area contributed by atoms with Gasteiger partial charge < -0.3 is 20.2 Å². The Hall–Kier alpha value is -2.44. The van der Waals surface area contributed by atoms with E-state index in [4.69, 9.17) is 28.2 Å². The molecule has 13 heteroatoms. The van der Waals surface area contributed by atoms with Gasteiger partial charge in [0.15, 0.2) is 5.13 Å². The molecule has 2 aliphatic heterocycles. The molecular formula is C23H24Cl2N6O3S2. The Labute approximate surface area is 226 Å². The third kappa shape index (κ3) is 5.45. The Morgan fingerprint density at radius 3 is 2.50 bits per heavy atom. The maximum absolute atomic E-state index is 13.0. The van der Waals surface area contributed by atoms with Crippen LogP contribution < -0.4 is 20.4 Å². The number of carbonyl (C=O) groups is 2. The lowest BCUT2D eigenvalue weighted by Gasteiger charge is -2.31. The van der Waals surface area contributed by atoms with E-state index in [2.05, 4.69) is 20.5 Å². The SMILES string of the molecule is O=C(Nc1nc(-c2cc(Cl)cs2)c(N2CCNCC2)s1)c1cnc(N2CCC(C(=O)O)CC2)c(Cl)c1. The summed E-state index contributed by atoms with van der Waals surface area (Å²) in [6.45, 7) is 4.58. The maximum Gasteiger partial charge on any atom is 0.306 e. The topological polar surface area (TPSA) is 111 Å². The first kappa shape index (κ1) is 25.2. The number of nitrogens with zero attached hydrogens (tertiary/aromatic N) is 4. The van der Waals surface area contributed by atoms with Crippen LogP contribution in [0.25, 0.3) is 10.6 Å². The minimum absolute atomic E-state index is 0.323. The van der Waals surface area contributed by atoms with Crippen LogP contribution in [-0.4, -0.2) is 66.2 Å². The number of amides is 1. The van der Waals surface area contributed by atoms with Crippen LogP contribution >= 0.6 is 45.9 Å². The molecule has 0 aliphatic carbocycles. The standard InChI is InChI=1S/C23H24Cl2N6O3S2/c24-15-10-17(35-12-15)18-21(31-7-3-26-4-8-31)36-23(28-18)29-20(32)14-9-16(25)19(27-11-14)30-5-1-13(2-6-30)22(33)34/h9-13,26H,1-8H2,(H,33,34)(H,28,29,32). The van der Waals surface area contributed by atoms with Crippen LogP contribution in [0.2, 0.25) is 10.0 Å². The molecule has 5 rings (SSSR count). The maximum atomic E-state index is 13.0. The molecule has 0 unspecified atom stereocenters. The van der Waals surface area contributed by atoms with Crippen LogP contribution in [0.1, 0.15) is 23.2 Å². The molecule has 0 atom stereocenters. The number of thiophene rings is 1. The van der Waals surface area contributed by atoms with Gasteiger partial charge in [0, 0.05) is 50.8 Å². The number of nitrogens with one attached hydrogen (secondary N) is 2. The third-order valence-corrected chi connectivity index (χ3v) is 8.86. The zero-order chi connectivity index (χ0) is 25.2. The Balaban J connectivity index is 1.33. The van der Waals surface area contributed by atoms with Gasteiger partial charge in [-0.2, -0.15) is 0 Å². The number of thiazole rings is 1. The number of carboxylic acid groups (broad SMARTS) is 1. The highest BCUT2D eigenvalue weighted by Crippen LogP contribution is 2.42. The smallest absolute Gasteiger partial charge is 0.306 e. The normalized spacial score (nSPS) is 16.8. The number of halogens is 2. The number of aliphatic carboxylic acids is 1. The van der Waals surface area contributed by atoms with Crippen molar-refractivity contribution in [2.75, 3.05) is 54.4 Å². The number of piperidine rings is 1. The molecule has 3 aromatic rings. The second-order valence-electron chi connectivity index (χ2n) is 8.62. The molecule has 1 amide bonds. The molecule has 36 heavy (non-hydrogen) atoms. The number of pyridine rings is 1. The summed E-state index contributed by atoms with van der Waals surface area (Å²) in [4.78, 5) is 38.6. The summed E-state index contributed by atoms with van der Waals surface area (Å²) in [7, 11) is 0. The molecule has 0 radical (unpaired) electrons. The molecule has 3 aromatic heterocycles. The number of anilines is 3. The third-order valence-electron chi connectivity index (χ3n) is 6.26. The number of aromatic nitrogens is 2. The van der Waals surface area contributed by atoms with E-state index in [-0.39, 0.29) is 11.8 Å². The average molecular weight is 568 g/mol. The second-order valence-corrected chi connectivity index (χ2v) is 11.4. The van der Waals surface area contributed by atoms with Gasteiger partial charge >= 0.3 is 5.97 Å². The van der Waals surface area contributed by atoms with E-state index in [1.807, 2.05) is 16.3 Å². The van der Waals surface area contributed by atoms with Crippen molar-refractivity contribution in [3.8, 4) is 10.6 Å². The van der Waals surface area contributed by atoms with Gasteiger partial charge in [-0.15, -0.1) is 11.3 Å². The van der Waals surface area contributed by atoms with Crippen LogP contribution in [0, 0.1) is 5.92 Å². The number of carbonyl (C=O) groups excluding carboxylic acids is 1. The summed E-state index contributed by atoms with van der Waals surface area (Å²) in [6.07, 6.45) is 2.56. The summed E-state index contributed by atoms with van der Waals surface area (Å²) in [5.41, 5.74) is 1.13. The molecule has 3 N–H and O–H groups in total. The van der Waals surface area contributed by atoms with E-state index >= 15 is 0 Å². The van der Waals surface area contributed by atoms with E-state index in [0.717, 1.165) is 41.8 Å². The molecule has 0 saturated carbocycles. The Kier molecular flexibility index (Phi) is 7.63. The van der Waals surface area contributed by atoms with Crippen molar-refractivity contribution in [1.82, 2.24) is 15.3 Å². The van der Waals surface area contributed by atoms with Gasteiger partial charge in [0.1, 0.15) is 16.5 Å². The number of hydrogen-bond donors (Lipinski definition) is 3. The molecule has 0 aromatic carbocycles. The molecule has 0 bridgehead atoms. The fraction of sp³-hybridized carbons (Fsp3) is 0.391. The van der Waals surface area contributed by atoms with E-state index in [0.29, 0.717) is 52.5 Å². The molecule has 2 aliphatic rings. The number of hydrogen-bond acceptors (Lipinski definition) is 9. The fourth-order valence-corrected chi connectivity index (χ4v) is 6.78. The van der Waals surface area contributed by atoms with Gasteiger partial charge in [-0.05, 0) is 25.0 Å². The van der Waals surface area contributed by atoms with Crippen molar-refractivity contribution in [3.05, 3.63) is 39.3 Å². The molecule has 2 fully saturated rings. The summed E-state index contributed by atoms with van der Waals surface area (Å²) < 4.78 is 0. The van der Waals surface area contributed by atoms with Crippen molar-refractivity contribution in [3.63, 3.8) is 0 Å². The first-order valence-electron chi connectivity index (χ1n) is 11.5. The Bertz CT molecular complexity index is 1270. The fourth-order valence-electron chi connectivity index (χ4n) is 4.34. The molecule has 5 heterocycles. The number of piperazine rings is 1. The van der Waals surface area contributed by atoms with Crippen molar-refractivity contribution < 1.29 is 14.7 Å². The second kappa shape index (κ2) is 10.9. The first-order chi connectivity index (χ1) is 17.4. The lowest BCUT2D eigenvalue weighted by molar-refractivity contribution is -0.142. The van der Waals surface area contributed by atoms with Crippen molar-refractivity contribution >= 4 is 73.7 Å². The quantitative estimate of drug-likeness (QED) is 0.399. The summed E-state index contributed by atoms with van der Waals surface area (Å²) in [6, 6.07) is 3.48. The highest BCUT2D eigenvalue weighted by molar-refractivity contribution is 7.21. The average Bonchev–Trinajstić information content (AvgIpc) is 3.50. The van der Waals surface area contributed by atoms with Gasteiger partial charge in [0.2, 0.25) is 0 Å². The van der Waals surface area contributed by atoms with Crippen LogP contribution in [0.3, 0.4) is 0 Å². The van der Waals surface area contributed by atoms with Crippen molar-refractivity contribution in [2.45, 2.75) is 12.8 Å². The summed E-state index contributed by atoms with van der Waals surface area (Å²) >= 11 is 15.6. The minimum atomic E-state index is -0.770. The molecule has 2 saturated heterocycles. The monoisotopic (exact) mass is 566 g/mol. The highest BCUT2D eigenvalue weighted by atomic mass is 35.5. The predicted molar refractivity (Wildman–Crippen MR) is 145 cm³/mol. The summed E-state index contributed by atoms with van der Waals surface area (Å²) in [5.74, 6) is -0.904. The molecular weight excluding hydrogens is 543 g/mol. The Morgan fingerprint density at radius 1 is 1.11 bits per heavy atom. The largest absolute Gasteiger partial charge is 0.481 e. The van der Waals surface area contributed by atoms with E-state index < -0.39 is 5.97 Å². The van der Waals surface area contributed by atoms with Crippen LogP contribution in [0.15, 0.2) is 23.7 Å². The first-order valence-corrected chi connectivity index (χ1v) is 14.0. The van der Waals surface area contributed by atoms with Gasteiger partial charge in [-0.25, -0.2) is 9.97 Å². The lowest BCUT2D eigenvalue weighted by Crippen LogP contribution is -2.43. The van der Waals surface area contributed by atoms with Crippen LogP contribution in [0.4, 0.5) is 16.0 Å². The number of carboxylic acids is 1. The molecule has 190 valence electrons. The van der Waals surface area contributed by atoms with E-state index in [1.165, 1.54) is 28.9 Å². The minimum Gasteiger partial charge on any atom is -0.481 e. The van der Waals surface area contributed by atoms with Crippen molar-refractivity contribution in [1.29, 1.82) is 0 Å². The van der Waals surface area contributed by atoms with Gasteiger partial charge in [-0.3, -0.25) is 14.9 Å². The van der Waals surface area contributed by atoms with Gasteiger partial charge in [-0.1, -0.05) is 34.5 Å². The molecule has 9 nitrogen and oxygen atoms in total. The zero-order valence-corrected chi connectivity index (χ0v) is 22.3. The number of rotatable bonds is 6. The van der Waals surface area contributed by atoms with Crippen LogP contribution in [0.5, 0.6) is 0 Å². The predicted octanol–water partition coefficient (Wildman–Crippen LogP) is 4.54. The highest BCUT2D eigenvalue weighted by Gasteiger charge is 2.27. The lowest BCUT2D eigenvalue weighted by atomic mass is 9.97. The van der Waals surface area contributed by atoms with Crippen LogP contribution in [-0.2, 0) is 4.79 Å². The van der Waals surface area contributed by atoms with E-state index in [9.17, 15) is 14.7 Å². The van der Waals surface area contributed by atoms with E-state index in [1.54, 1.807) is 6.07 Å². The van der Waals surface area contributed by atoms with Crippen molar-refractivity contribution in [2.24, 2.45) is 5.92 Å². The molecule has 0 spiro atoms.